The van der Waals surface area contributed by atoms with E-state index in [-0.39, 0.29) is 24.0 Å². The van der Waals surface area contributed by atoms with Gasteiger partial charge in [0.25, 0.3) is 0 Å². The van der Waals surface area contributed by atoms with Crippen LogP contribution in [0.25, 0.3) is 10.9 Å². The van der Waals surface area contributed by atoms with Crippen LogP contribution in [-0.4, -0.2) is 43.4 Å². The summed E-state index contributed by atoms with van der Waals surface area (Å²) in [6.07, 6.45) is 5.51. The molecular formula is C26H35IN4O2. The monoisotopic (exact) mass is 562 g/mol. The number of aliphatic imine (C=N–C) groups is 1. The van der Waals surface area contributed by atoms with E-state index in [0.29, 0.717) is 12.7 Å². The standard InChI is InChI=1S/C26H34N4O2.HI/c1-27-26(28-14-4-15-30-16-11-23-5-2-3-6-25(23)30)29-19-21-7-9-22(10-8-21)20-32-24-12-17-31-18-13-24;/h2-3,5-11,16,24H,4,12-15,17-20H2,1H3,(H2,27,28,29);1H. The molecule has 2 heterocycles. The predicted molar refractivity (Wildman–Crippen MR) is 145 cm³/mol. The van der Waals surface area contributed by atoms with E-state index in [9.17, 15) is 0 Å². The summed E-state index contributed by atoms with van der Waals surface area (Å²) in [4.78, 5) is 4.34. The summed E-state index contributed by atoms with van der Waals surface area (Å²) in [6, 6.07) is 19.3. The smallest absolute Gasteiger partial charge is 0.191 e. The molecule has 0 bridgehead atoms. The summed E-state index contributed by atoms with van der Waals surface area (Å²) >= 11 is 0. The molecule has 0 atom stereocenters. The molecule has 1 aromatic heterocycles. The molecule has 1 saturated heterocycles. The molecule has 6 nitrogen and oxygen atoms in total. The number of hydrogen-bond donors (Lipinski definition) is 2. The molecule has 0 unspecified atom stereocenters. The highest BCUT2D eigenvalue weighted by Crippen LogP contribution is 2.15. The lowest BCUT2D eigenvalue weighted by Gasteiger charge is -2.22. The Morgan fingerprint density at radius 3 is 2.58 bits per heavy atom. The van der Waals surface area contributed by atoms with Crippen LogP contribution in [0.3, 0.4) is 0 Å². The number of aryl methyl sites for hydroxylation is 1. The van der Waals surface area contributed by atoms with Gasteiger partial charge in [-0.25, -0.2) is 0 Å². The number of hydrogen-bond acceptors (Lipinski definition) is 3. The van der Waals surface area contributed by atoms with Crippen molar-refractivity contribution in [2.45, 2.75) is 45.1 Å². The number of nitrogens with one attached hydrogen (secondary N) is 2. The van der Waals surface area contributed by atoms with Crippen molar-refractivity contribution in [3.63, 3.8) is 0 Å². The number of ether oxygens (including phenoxy) is 2. The highest BCUT2D eigenvalue weighted by atomic mass is 127. The van der Waals surface area contributed by atoms with Gasteiger partial charge in [0.2, 0.25) is 0 Å². The highest BCUT2D eigenvalue weighted by molar-refractivity contribution is 14.0. The van der Waals surface area contributed by atoms with Gasteiger partial charge >= 0.3 is 0 Å². The third kappa shape index (κ3) is 7.72. The molecule has 2 N–H and O–H groups in total. The number of fused-ring (bicyclic) bond motifs is 1. The second kappa shape index (κ2) is 13.6. The minimum absolute atomic E-state index is 0. The van der Waals surface area contributed by atoms with E-state index in [0.717, 1.165) is 58.1 Å². The molecule has 1 aliphatic heterocycles. The van der Waals surface area contributed by atoms with Crippen LogP contribution in [0.15, 0.2) is 65.8 Å². The molecule has 3 aromatic rings. The van der Waals surface area contributed by atoms with Gasteiger partial charge in [0.05, 0.1) is 12.7 Å². The van der Waals surface area contributed by atoms with E-state index in [4.69, 9.17) is 9.47 Å². The van der Waals surface area contributed by atoms with Crippen molar-refractivity contribution in [3.05, 3.63) is 71.9 Å². The Morgan fingerprint density at radius 1 is 1.03 bits per heavy atom. The maximum Gasteiger partial charge on any atom is 0.191 e. The molecule has 33 heavy (non-hydrogen) atoms. The molecule has 0 spiro atoms. The Labute approximate surface area is 213 Å². The number of nitrogens with zero attached hydrogens (tertiary/aromatic N) is 2. The maximum atomic E-state index is 6.00. The molecule has 178 valence electrons. The fourth-order valence-corrected chi connectivity index (χ4v) is 4.01. The second-order valence-electron chi connectivity index (χ2n) is 8.21. The second-order valence-corrected chi connectivity index (χ2v) is 8.21. The Morgan fingerprint density at radius 2 is 1.79 bits per heavy atom. The van der Waals surface area contributed by atoms with Crippen molar-refractivity contribution in [1.29, 1.82) is 0 Å². The van der Waals surface area contributed by atoms with Crippen LogP contribution in [0, 0.1) is 0 Å². The summed E-state index contributed by atoms with van der Waals surface area (Å²) in [6.45, 7) is 4.88. The van der Waals surface area contributed by atoms with Crippen molar-refractivity contribution in [2.24, 2.45) is 4.99 Å². The summed E-state index contributed by atoms with van der Waals surface area (Å²) in [7, 11) is 1.81. The Bertz CT molecular complexity index is 997. The van der Waals surface area contributed by atoms with Crippen LogP contribution >= 0.6 is 24.0 Å². The van der Waals surface area contributed by atoms with Crippen LogP contribution in [0.2, 0.25) is 0 Å². The average Bonchev–Trinajstić information content (AvgIpc) is 3.27. The third-order valence-corrected chi connectivity index (χ3v) is 5.91. The third-order valence-electron chi connectivity index (χ3n) is 5.91. The zero-order valence-electron chi connectivity index (χ0n) is 19.3. The quantitative estimate of drug-likeness (QED) is 0.172. The van der Waals surface area contributed by atoms with Crippen molar-refractivity contribution >= 4 is 40.8 Å². The normalized spacial score (nSPS) is 14.8. The van der Waals surface area contributed by atoms with Crippen molar-refractivity contribution < 1.29 is 9.47 Å². The first-order chi connectivity index (χ1) is 15.8. The summed E-state index contributed by atoms with van der Waals surface area (Å²) in [5, 5.41) is 8.10. The first-order valence-electron chi connectivity index (χ1n) is 11.6. The average molecular weight is 562 g/mol. The van der Waals surface area contributed by atoms with Gasteiger partial charge in [-0.05, 0) is 47.9 Å². The zero-order chi connectivity index (χ0) is 22.0. The number of aromatic nitrogens is 1. The highest BCUT2D eigenvalue weighted by Gasteiger charge is 2.13. The summed E-state index contributed by atoms with van der Waals surface area (Å²) in [5.74, 6) is 0.828. The predicted octanol–water partition coefficient (Wildman–Crippen LogP) is 4.71. The van der Waals surface area contributed by atoms with Crippen LogP contribution in [-0.2, 0) is 29.2 Å². The molecule has 0 radical (unpaired) electrons. The lowest BCUT2D eigenvalue weighted by atomic mass is 10.1. The Hall–Kier alpha value is -2.10. The van der Waals surface area contributed by atoms with Crippen molar-refractivity contribution in [1.82, 2.24) is 15.2 Å². The fraction of sp³-hybridized carbons (Fsp3) is 0.423. The molecule has 2 aromatic carbocycles. The summed E-state index contributed by atoms with van der Waals surface area (Å²) in [5.41, 5.74) is 3.72. The molecule has 1 aliphatic rings. The van der Waals surface area contributed by atoms with Gasteiger partial charge in [-0.1, -0.05) is 42.5 Å². The van der Waals surface area contributed by atoms with Gasteiger partial charge in [0.15, 0.2) is 5.96 Å². The van der Waals surface area contributed by atoms with E-state index in [2.05, 4.69) is 81.0 Å². The minimum atomic E-state index is 0. The van der Waals surface area contributed by atoms with Crippen LogP contribution in [0.1, 0.15) is 30.4 Å². The van der Waals surface area contributed by atoms with E-state index in [1.807, 2.05) is 7.05 Å². The maximum absolute atomic E-state index is 6.00. The van der Waals surface area contributed by atoms with Crippen LogP contribution in [0.4, 0.5) is 0 Å². The molecule has 1 fully saturated rings. The van der Waals surface area contributed by atoms with E-state index in [1.165, 1.54) is 22.0 Å². The minimum Gasteiger partial charge on any atom is -0.381 e. The van der Waals surface area contributed by atoms with Gasteiger partial charge in [-0.15, -0.1) is 24.0 Å². The lowest BCUT2D eigenvalue weighted by Crippen LogP contribution is -2.37. The molecule has 7 heteroatoms. The number of benzene rings is 2. The van der Waals surface area contributed by atoms with Gasteiger partial charge in [-0.2, -0.15) is 0 Å². The Balaban J connectivity index is 0.00000306. The molecule has 4 rings (SSSR count). The van der Waals surface area contributed by atoms with E-state index in [1.54, 1.807) is 0 Å². The van der Waals surface area contributed by atoms with E-state index >= 15 is 0 Å². The fourth-order valence-electron chi connectivity index (χ4n) is 4.01. The number of para-hydroxylation sites is 1. The van der Waals surface area contributed by atoms with Crippen LogP contribution < -0.4 is 10.6 Å². The number of guanidine groups is 1. The molecule has 0 aliphatic carbocycles. The number of halogens is 1. The van der Waals surface area contributed by atoms with Gasteiger partial charge in [0.1, 0.15) is 0 Å². The van der Waals surface area contributed by atoms with Crippen LogP contribution in [0.5, 0.6) is 0 Å². The Kier molecular flexibility index (Phi) is 10.5. The zero-order valence-corrected chi connectivity index (χ0v) is 21.7. The van der Waals surface area contributed by atoms with Gasteiger partial charge in [0, 0.05) is 51.6 Å². The lowest BCUT2D eigenvalue weighted by molar-refractivity contribution is -0.0390. The number of rotatable bonds is 9. The van der Waals surface area contributed by atoms with E-state index < -0.39 is 0 Å². The van der Waals surface area contributed by atoms with Crippen molar-refractivity contribution in [3.8, 4) is 0 Å². The molecular weight excluding hydrogens is 527 g/mol. The summed E-state index contributed by atoms with van der Waals surface area (Å²) < 4.78 is 13.7. The first-order valence-corrected chi connectivity index (χ1v) is 11.6. The van der Waals surface area contributed by atoms with Gasteiger partial charge in [-0.3, -0.25) is 4.99 Å². The van der Waals surface area contributed by atoms with Gasteiger partial charge < -0.3 is 24.7 Å². The largest absolute Gasteiger partial charge is 0.381 e. The SMILES string of the molecule is CN=C(NCCCn1ccc2ccccc21)NCc1ccc(COC2CCOCC2)cc1.I. The first kappa shape index (κ1) is 25.5. The molecule has 0 amide bonds. The topological polar surface area (TPSA) is 59.8 Å². The van der Waals surface area contributed by atoms with Crippen molar-refractivity contribution in [2.75, 3.05) is 26.8 Å². The molecule has 0 saturated carbocycles.